The number of unbranched alkanes of at least 4 members (excludes halogenated alkanes) is 14. The highest BCUT2D eigenvalue weighted by Crippen LogP contribution is 2.43. The van der Waals surface area contributed by atoms with Gasteiger partial charge in [-0.25, -0.2) is 4.57 Å². The van der Waals surface area contributed by atoms with Crippen molar-refractivity contribution in [2.24, 2.45) is 0 Å². The van der Waals surface area contributed by atoms with Crippen molar-refractivity contribution in [3.8, 4) is 0 Å². The van der Waals surface area contributed by atoms with Gasteiger partial charge in [-0.15, -0.1) is 0 Å². The lowest BCUT2D eigenvalue weighted by molar-refractivity contribution is -0.870. The van der Waals surface area contributed by atoms with E-state index in [1.54, 1.807) is 0 Å². The molecule has 0 radical (unpaired) electrons. The highest BCUT2D eigenvalue weighted by molar-refractivity contribution is 7.47. The number of hydrogen-bond donors (Lipinski definition) is 1. The zero-order valence-corrected chi connectivity index (χ0v) is 45.8. The average molecular weight is 995 g/mol. The van der Waals surface area contributed by atoms with E-state index in [4.69, 9.17) is 18.5 Å². The molecule has 0 aliphatic heterocycles. The van der Waals surface area contributed by atoms with Crippen LogP contribution in [0, 0.1) is 0 Å². The Labute approximate surface area is 428 Å². The second kappa shape index (κ2) is 50.4. The third kappa shape index (κ3) is 53.8. The molecule has 0 aliphatic carbocycles. The monoisotopic (exact) mass is 995 g/mol. The van der Waals surface area contributed by atoms with Gasteiger partial charge in [0.05, 0.1) is 27.7 Å². The molecule has 0 rings (SSSR count). The summed E-state index contributed by atoms with van der Waals surface area (Å²) < 4.78 is 34.5. The van der Waals surface area contributed by atoms with E-state index >= 15 is 0 Å². The smallest absolute Gasteiger partial charge is 0.462 e. The van der Waals surface area contributed by atoms with Crippen LogP contribution in [-0.4, -0.2) is 74.9 Å². The normalized spacial score (nSPS) is 14.3. The summed E-state index contributed by atoms with van der Waals surface area (Å²) in [5, 5.41) is 0. The number of nitrogens with zero attached hydrogens (tertiary/aromatic N) is 1. The van der Waals surface area contributed by atoms with Crippen molar-refractivity contribution in [2.75, 3.05) is 47.5 Å². The lowest BCUT2D eigenvalue weighted by Gasteiger charge is -2.24. The summed E-state index contributed by atoms with van der Waals surface area (Å²) in [7, 11) is 1.44. The standard InChI is InChI=1S/C60H100NO8P/c1-6-8-10-12-14-16-18-20-22-24-25-26-27-28-29-30-31-32-33-34-35-37-39-41-43-45-47-49-51-53-60(63)69-58(57-68-70(64,65)67-55-54-61(3,4)5)56-66-59(62)52-50-48-46-44-42-40-38-36-23-21-19-17-15-13-11-9-7-2/h8-11,14-17,20-23,25-26,28-29,31-32,38,40,58H,6-7,12-13,18-19,24,27,30,33-37,39,41-57H2,1-5H3/p+1/b10-8-,11-9-,16-14-,17-15-,22-20-,23-21-,26-25-,29-28-,32-31-,40-38-. The van der Waals surface area contributed by atoms with Gasteiger partial charge in [-0.05, 0) is 103 Å². The van der Waals surface area contributed by atoms with Crippen molar-refractivity contribution in [1.29, 1.82) is 0 Å². The Hall–Kier alpha value is -3.59. The van der Waals surface area contributed by atoms with E-state index in [-0.39, 0.29) is 26.1 Å². The minimum atomic E-state index is -4.40. The molecule has 0 fully saturated rings. The van der Waals surface area contributed by atoms with E-state index in [1.807, 2.05) is 21.1 Å². The lowest BCUT2D eigenvalue weighted by atomic mass is 10.0. The first kappa shape index (κ1) is 66.4. The predicted octanol–water partition coefficient (Wildman–Crippen LogP) is 16.8. The fraction of sp³-hybridized carbons (Fsp3) is 0.633. The molecular formula is C60H101NO8P+. The van der Waals surface area contributed by atoms with Crippen LogP contribution < -0.4 is 0 Å². The second-order valence-corrected chi connectivity index (χ2v) is 20.3. The third-order valence-corrected chi connectivity index (χ3v) is 12.0. The number of phosphoric acid groups is 1. The van der Waals surface area contributed by atoms with E-state index < -0.39 is 32.5 Å². The maximum atomic E-state index is 12.8. The van der Waals surface area contributed by atoms with Gasteiger partial charge < -0.3 is 18.9 Å². The fourth-order valence-electron chi connectivity index (χ4n) is 6.83. The summed E-state index contributed by atoms with van der Waals surface area (Å²) in [6.45, 7) is 4.15. The van der Waals surface area contributed by atoms with Gasteiger partial charge in [-0.2, -0.15) is 0 Å². The van der Waals surface area contributed by atoms with Crippen LogP contribution in [0.2, 0.25) is 0 Å². The third-order valence-electron chi connectivity index (χ3n) is 11.0. The van der Waals surface area contributed by atoms with Crippen LogP contribution in [0.15, 0.2) is 122 Å². The number of esters is 2. The first-order chi connectivity index (χ1) is 34.0. The molecule has 10 heteroatoms. The molecule has 0 aromatic rings. The van der Waals surface area contributed by atoms with E-state index in [9.17, 15) is 19.0 Å². The van der Waals surface area contributed by atoms with Crippen LogP contribution in [0.1, 0.15) is 194 Å². The zero-order valence-electron chi connectivity index (χ0n) is 45.0. The van der Waals surface area contributed by atoms with Gasteiger partial charge in [-0.1, -0.05) is 200 Å². The number of likely N-dealkylation sites (N-methyl/N-ethyl adjacent to an activating group) is 1. The number of ether oxygens (including phenoxy) is 2. The zero-order chi connectivity index (χ0) is 51.3. The van der Waals surface area contributed by atoms with Gasteiger partial charge in [0, 0.05) is 12.8 Å². The summed E-state index contributed by atoms with van der Waals surface area (Å²) in [6.07, 6.45) is 71.1. The molecule has 0 saturated carbocycles. The minimum Gasteiger partial charge on any atom is -0.462 e. The van der Waals surface area contributed by atoms with E-state index in [1.165, 1.54) is 38.5 Å². The largest absolute Gasteiger partial charge is 0.472 e. The Morgan fingerprint density at radius 1 is 0.443 bits per heavy atom. The van der Waals surface area contributed by atoms with Crippen molar-refractivity contribution >= 4 is 19.8 Å². The average Bonchev–Trinajstić information content (AvgIpc) is 3.32. The molecule has 0 aliphatic rings. The lowest BCUT2D eigenvalue weighted by Crippen LogP contribution is -2.37. The summed E-state index contributed by atoms with van der Waals surface area (Å²) in [6, 6.07) is 0. The number of allylic oxidation sites excluding steroid dienone is 20. The minimum absolute atomic E-state index is 0.0197. The fourth-order valence-corrected chi connectivity index (χ4v) is 7.57. The van der Waals surface area contributed by atoms with Crippen molar-refractivity contribution in [3.05, 3.63) is 122 Å². The van der Waals surface area contributed by atoms with Gasteiger partial charge >= 0.3 is 19.8 Å². The molecule has 0 aromatic carbocycles. The van der Waals surface area contributed by atoms with Gasteiger partial charge in [-0.3, -0.25) is 18.6 Å². The number of carbonyl (C=O) groups excluding carboxylic acids is 2. The maximum Gasteiger partial charge on any atom is 0.472 e. The molecule has 2 unspecified atom stereocenters. The number of rotatable bonds is 48. The van der Waals surface area contributed by atoms with Gasteiger partial charge in [0.1, 0.15) is 19.8 Å². The molecule has 0 bridgehead atoms. The second-order valence-electron chi connectivity index (χ2n) is 18.8. The number of phosphoric ester groups is 1. The number of carbonyl (C=O) groups is 2. The summed E-state index contributed by atoms with van der Waals surface area (Å²) in [5.74, 6) is -0.840. The molecule has 0 saturated heterocycles. The van der Waals surface area contributed by atoms with Crippen LogP contribution in [-0.2, 0) is 32.7 Å². The molecule has 9 nitrogen and oxygen atoms in total. The first-order valence-electron chi connectivity index (χ1n) is 27.3. The Balaban J connectivity index is 4.25. The molecule has 0 spiro atoms. The number of hydrogen-bond acceptors (Lipinski definition) is 7. The summed E-state index contributed by atoms with van der Waals surface area (Å²) >= 11 is 0. The van der Waals surface area contributed by atoms with Crippen LogP contribution in [0.4, 0.5) is 0 Å². The summed E-state index contributed by atoms with van der Waals surface area (Å²) in [5.41, 5.74) is 0. The Bertz CT molecular complexity index is 1590. The van der Waals surface area contributed by atoms with Crippen molar-refractivity contribution in [1.82, 2.24) is 0 Å². The molecule has 0 heterocycles. The highest BCUT2D eigenvalue weighted by Gasteiger charge is 2.27. The van der Waals surface area contributed by atoms with Crippen LogP contribution in [0.3, 0.4) is 0 Å². The van der Waals surface area contributed by atoms with E-state index in [0.717, 1.165) is 116 Å². The Morgan fingerprint density at radius 2 is 0.771 bits per heavy atom. The molecule has 0 aromatic heterocycles. The molecule has 0 amide bonds. The van der Waals surface area contributed by atoms with Gasteiger partial charge in [0.15, 0.2) is 6.10 Å². The SMILES string of the molecule is CC/C=C\C/C=C\C/C=C\C/C=C\C/C=C\C/C=C\CCCCCCCCCCCCC(=O)OC(COC(=O)CCCCCC/C=C\C/C=C\C/C=C\C/C=C\CC)COP(=O)(O)OCC[N+](C)(C)C. The molecular weight excluding hydrogens is 894 g/mol. The van der Waals surface area contributed by atoms with Crippen LogP contribution >= 0.6 is 7.82 Å². The van der Waals surface area contributed by atoms with Gasteiger partial charge in [0.2, 0.25) is 0 Å². The summed E-state index contributed by atoms with van der Waals surface area (Å²) in [4.78, 5) is 35.6. The van der Waals surface area contributed by atoms with Crippen molar-refractivity contribution < 1.29 is 42.1 Å². The Kier molecular flexibility index (Phi) is 47.8. The number of quaternary nitrogens is 1. The molecule has 2 atom stereocenters. The van der Waals surface area contributed by atoms with E-state index in [2.05, 4.69) is 135 Å². The van der Waals surface area contributed by atoms with Crippen LogP contribution in [0.5, 0.6) is 0 Å². The topological polar surface area (TPSA) is 108 Å². The highest BCUT2D eigenvalue weighted by atomic mass is 31.2. The Morgan fingerprint density at radius 3 is 1.14 bits per heavy atom. The maximum absolute atomic E-state index is 12.8. The van der Waals surface area contributed by atoms with Crippen LogP contribution in [0.25, 0.3) is 0 Å². The van der Waals surface area contributed by atoms with E-state index in [0.29, 0.717) is 23.9 Å². The quantitative estimate of drug-likeness (QED) is 0.0211. The molecule has 398 valence electrons. The van der Waals surface area contributed by atoms with Crippen molar-refractivity contribution in [3.63, 3.8) is 0 Å². The van der Waals surface area contributed by atoms with Crippen molar-refractivity contribution in [2.45, 2.75) is 200 Å². The predicted molar refractivity (Wildman–Crippen MR) is 297 cm³/mol. The molecule has 70 heavy (non-hydrogen) atoms. The first-order valence-corrected chi connectivity index (χ1v) is 28.8. The molecule has 1 N–H and O–H groups in total. The van der Waals surface area contributed by atoms with Gasteiger partial charge in [0.25, 0.3) is 0 Å².